The van der Waals surface area contributed by atoms with Crippen LogP contribution in [0.1, 0.15) is 0 Å². The third-order valence-electron chi connectivity index (χ3n) is 0.556. The van der Waals surface area contributed by atoms with Gasteiger partial charge < -0.3 is 7.43 Å². The Balaban J connectivity index is -0.0000000369. The molecule has 1 aliphatic rings. The Bertz CT molecular complexity index is 61.0. The minimum Gasteiger partial charge on any atom is -0.358 e. The largest absolute Gasteiger partial charge is 0.358 e. The molecule has 0 unspecified atom stereocenters. The van der Waals surface area contributed by atoms with Crippen molar-refractivity contribution < 1.29 is 26.4 Å². The minimum atomic E-state index is 0. The third kappa shape index (κ3) is 25.6. The first-order valence-corrected chi connectivity index (χ1v) is 2.07. The molecule has 0 amide bonds. The summed E-state index contributed by atoms with van der Waals surface area (Å²) >= 11 is 0. The summed E-state index contributed by atoms with van der Waals surface area (Å²) in [7, 11) is 0. The molecule has 0 atom stereocenters. The van der Waals surface area contributed by atoms with Crippen LogP contribution in [0.5, 0.6) is 0 Å². The van der Waals surface area contributed by atoms with E-state index in [-0.39, 0.29) is 24.5 Å². The van der Waals surface area contributed by atoms with Gasteiger partial charge in [0.1, 0.15) is 0 Å². The van der Waals surface area contributed by atoms with Crippen molar-refractivity contribution in [3.8, 4) is 0 Å². The Kier molecular flexibility index (Phi) is 66.1. The van der Waals surface area contributed by atoms with Crippen molar-refractivity contribution in [2.75, 3.05) is 0 Å². The standard InChI is InChI=1S/C5H5.2CO.CH3.Fe/c1-2-4-5-3-1;2*1-2;;/h1-5H;;;1H3;/q;;;-1;. The van der Waals surface area contributed by atoms with Gasteiger partial charge in [-0.3, -0.25) is 0 Å². The fourth-order valence-corrected chi connectivity index (χ4v) is 0.321. The van der Waals surface area contributed by atoms with Crippen molar-refractivity contribution in [3.05, 3.63) is 52.8 Å². The van der Waals surface area contributed by atoms with E-state index in [0.717, 1.165) is 0 Å². The Morgan fingerprint density at radius 1 is 0.636 bits per heavy atom. The van der Waals surface area contributed by atoms with Crippen LogP contribution < -0.4 is 0 Å². The Morgan fingerprint density at radius 2 is 0.727 bits per heavy atom. The fraction of sp³-hybridized carbons (Fsp3) is 0. The normalized spacial score (nSPS) is 11.3. The molecule has 0 aliphatic heterocycles. The number of rotatable bonds is 0. The van der Waals surface area contributed by atoms with Crippen molar-refractivity contribution in [2.45, 2.75) is 0 Å². The first kappa shape index (κ1) is 22.4. The van der Waals surface area contributed by atoms with E-state index in [1.165, 1.54) is 0 Å². The zero-order valence-electron chi connectivity index (χ0n) is 6.06. The van der Waals surface area contributed by atoms with Gasteiger partial charge in [0.25, 0.3) is 0 Å². The third-order valence-corrected chi connectivity index (χ3v) is 0.556. The number of hydrogen-bond acceptors (Lipinski definition) is 0. The van der Waals surface area contributed by atoms with Gasteiger partial charge in [0, 0.05) is 17.1 Å². The van der Waals surface area contributed by atoms with Gasteiger partial charge in [-0.05, 0) is 32.1 Å². The molecule has 1 fully saturated rings. The predicted molar refractivity (Wildman–Crippen MR) is 35.8 cm³/mol. The van der Waals surface area contributed by atoms with Gasteiger partial charge >= 0.3 is 22.6 Å². The Labute approximate surface area is 79.7 Å². The molecule has 0 heterocycles. The molecule has 0 N–H and O–H groups in total. The van der Waals surface area contributed by atoms with Gasteiger partial charge in [-0.15, -0.1) is 0 Å². The van der Waals surface area contributed by atoms with E-state index >= 15 is 0 Å². The van der Waals surface area contributed by atoms with E-state index in [1.807, 2.05) is 32.1 Å². The molecule has 1 rings (SSSR count). The molecule has 0 saturated heterocycles. The van der Waals surface area contributed by atoms with Gasteiger partial charge in [-0.2, -0.15) is 0 Å². The summed E-state index contributed by atoms with van der Waals surface area (Å²) in [6, 6.07) is 0. The van der Waals surface area contributed by atoms with E-state index in [4.69, 9.17) is 9.30 Å². The molecule has 0 bridgehead atoms. The summed E-state index contributed by atoms with van der Waals surface area (Å²) < 4.78 is 15.0. The molecule has 5 radical (unpaired) electrons. The summed E-state index contributed by atoms with van der Waals surface area (Å²) in [5.74, 6) is 0. The molecule has 0 spiro atoms. The number of hydrogen-bond donors (Lipinski definition) is 0. The van der Waals surface area contributed by atoms with Crippen LogP contribution in [0.15, 0.2) is 0 Å². The van der Waals surface area contributed by atoms with E-state index < -0.39 is 0 Å². The molecule has 0 aromatic carbocycles. The second-order valence-electron chi connectivity index (χ2n) is 0.962. The average Bonchev–Trinajstić information content (AvgIpc) is 2.51. The van der Waals surface area contributed by atoms with E-state index in [1.54, 1.807) is 0 Å². The molecule has 0 aromatic heterocycles. The van der Waals surface area contributed by atoms with Crippen molar-refractivity contribution in [3.63, 3.8) is 0 Å². The van der Waals surface area contributed by atoms with Crippen molar-refractivity contribution in [1.29, 1.82) is 0 Å². The van der Waals surface area contributed by atoms with Crippen LogP contribution in [0.3, 0.4) is 0 Å². The van der Waals surface area contributed by atoms with Gasteiger partial charge in [0.15, 0.2) is 0 Å². The van der Waals surface area contributed by atoms with Crippen molar-refractivity contribution in [1.82, 2.24) is 0 Å². The van der Waals surface area contributed by atoms with E-state index in [9.17, 15) is 0 Å². The van der Waals surface area contributed by atoms with Crippen LogP contribution >= 0.6 is 0 Å². The fourth-order valence-electron chi connectivity index (χ4n) is 0.321. The second-order valence-corrected chi connectivity index (χ2v) is 0.962. The molecule has 2 nitrogen and oxygen atoms in total. The molecular weight excluding hydrogens is 184 g/mol. The summed E-state index contributed by atoms with van der Waals surface area (Å²) in [5.41, 5.74) is 0. The summed E-state index contributed by atoms with van der Waals surface area (Å²) in [6.45, 7) is 9.00. The molecule has 1 aliphatic carbocycles. The molecule has 3 heteroatoms. The van der Waals surface area contributed by atoms with Crippen LogP contribution in [-0.4, -0.2) is 0 Å². The average molecular weight is 192 g/mol. The maximum atomic E-state index is 7.50. The molecule has 11 heavy (non-hydrogen) atoms. The first-order chi connectivity index (χ1) is 4.50. The maximum absolute atomic E-state index is 7.50. The summed E-state index contributed by atoms with van der Waals surface area (Å²) in [6.07, 6.45) is 10.0. The Morgan fingerprint density at radius 3 is 0.818 bits per heavy atom. The van der Waals surface area contributed by atoms with E-state index in [0.29, 0.717) is 0 Å². The van der Waals surface area contributed by atoms with Crippen LogP contribution in [0.2, 0.25) is 0 Å². The zero-order valence-corrected chi connectivity index (χ0v) is 7.16. The molecule has 1 saturated carbocycles. The van der Waals surface area contributed by atoms with Crippen molar-refractivity contribution in [2.24, 2.45) is 0 Å². The molecular formula is C8H8FeO2-. The van der Waals surface area contributed by atoms with Gasteiger partial charge in [0.05, 0.1) is 0 Å². The van der Waals surface area contributed by atoms with Crippen molar-refractivity contribution >= 4 is 0 Å². The quantitative estimate of drug-likeness (QED) is 0.316. The summed E-state index contributed by atoms with van der Waals surface area (Å²) in [5, 5.41) is 0. The first-order valence-electron chi connectivity index (χ1n) is 2.07. The smallest absolute Gasteiger partial charge is 0 e. The minimum absolute atomic E-state index is 0. The van der Waals surface area contributed by atoms with Gasteiger partial charge in [-0.25, -0.2) is 0 Å². The summed E-state index contributed by atoms with van der Waals surface area (Å²) in [4.78, 5) is 0. The van der Waals surface area contributed by atoms with Crippen LogP contribution in [0, 0.1) is 52.8 Å². The molecule has 61 valence electrons. The monoisotopic (exact) mass is 192 g/mol. The maximum Gasteiger partial charge on any atom is 0 e. The van der Waals surface area contributed by atoms with Crippen LogP contribution in [-0.2, 0) is 26.4 Å². The van der Waals surface area contributed by atoms with E-state index in [2.05, 4.69) is 13.3 Å². The molecule has 0 aromatic rings. The topological polar surface area (TPSA) is 39.8 Å². The van der Waals surface area contributed by atoms with Crippen LogP contribution in [0.4, 0.5) is 0 Å². The van der Waals surface area contributed by atoms with Crippen LogP contribution in [0.25, 0.3) is 0 Å². The Hall–Kier alpha value is -0.000519. The predicted octanol–water partition coefficient (Wildman–Crippen LogP) is 1.39. The zero-order chi connectivity index (χ0) is 7.54. The SMILES string of the molecule is [C-]#[O+].[C-]#[O+].[CH3-].[CH]1[CH][CH][CH][CH]1.[Fe]. The second kappa shape index (κ2) is 32.4. The van der Waals surface area contributed by atoms with Gasteiger partial charge in [-0.1, -0.05) is 0 Å². The van der Waals surface area contributed by atoms with Gasteiger partial charge in [0.2, 0.25) is 0 Å².